The van der Waals surface area contributed by atoms with Crippen molar-refractivity contribution in [2.75, 3.05) is 39.5 Å². The lowest BCUT2D eigenvalue weighted by Gasteiger charge is -2.20. The number of rotatable bonds is 10. The van der Waals surface area contributed by atoms with E-state index in [9.17, 15) is 5.11 Å². The minimum absolute atomic E-state index is 0.0303. The van der Waals surface area contributed by atoms with Gasteiger partial charge in [0.1, 0.15) is 25.7 Å². The van der Waals surface area contributed by atoms with Crippen molar-refractivity contribution in [1.82, 2.24) is 0 Å². The van der Waals surface area contributed by atoms with E-state index in [1.807, 2.05) is 18.2 Å². The first kappa shape index (κ1) is 17.4. The Kier molecular flexibility index (Phi) is 8.77. The molecular weight excluding hydrogens is 282 g/mol. The summed E-state index contributed by atoms with van der Waals surface area (Å²) in [4.78, 5) is 0.948. The third-order valence-electron chi connectivity index (χ3n) is 2.98. The Morgan fingerprint density at radius 3 is 2.40 bits per heavy atom. The molecule has 0 saturated carbocycles. The van der Waals surface area contributed by atoms with E-state index in [0.29, 0.717) is 31.3 Å². The third-order valence-corrected chi connectivity index (χ3v) is 3.35. The Bertz CT molecular complexity index is 372. The molecule has 1 atom stereocenters. The molecule has 0 unspecified atom stereocenters. The van der Waals surface area contributed by atoms with E-state index in [1.165, 1.54) is 0 Å². The maximum Gasteiger partial charge on any atom is 0.126 e. The number of quaternary nitrogens is 1. The number of ether oxygens (including phenoxy) is 1. The molecule has 0 amide bonds. The van der Waals surface area contributed by atoms with Gasteiger partial charge in [-0.2, -0.15) is 0 Å². The Morgan fingerprint density at radius 1 is 1.15 bits per heavy atom. The van der Waals surface area contributed by atoms with Gasteiger partial charge < -0.3 is 25.0 Å². The Balaban J connectivity index is 2.28. The summed E-state index contributed by atoms with van der Waals surface area (Å²) in [6.07, 6.45) is -0.634. The van der Waals surface area contributed by atoms with Crippen molar-refractivity contribution in [1.29, 1.82) is 0 Å². The molecule has 1 aromatic carbocycles. The molecule has 20 heavy (non-hydrogen) atoms. The van der Waals surface area contributed by atoms with Crippen molar-refractivity contribution in [2.45, 2.75) is 12.7 Å². The van der Waals surface area contributed by atoms with Crippen LogP contribution in [0, 0.1) is 0 Å². The highest BCUT2D eigenvalue weighted by Gasteiger charge is 2.14. The highest BCUT2D eigenvalue weighted by atomic mass is 35.5. The molecule has 0 aromatic heterocycles. The zero-order valence-corrected chi connectivity index (χ0v) is 12.2. The molecule has 114 valence electrons. The third kappa shape index (κ3) is 6.65. The van der Waals surface area contributed by atoms with Gasteiger partial charge >= 0.3 is 0 Å². The second-order valence-electron chi connectivity index (χ2n) is 4.66. The second-order valence-corrected chi connectivity index (χ2v) is 5.07. The quantitative estimate of drug-likeness (QED) is 0.451. The smallest absolute Gasteiger partial charge is 0.126 e. The molecule has 0 bridgehead atoms. The summed E-state index contributed by atoms with van der Waals surface area (Å²) in [5.41, 5.74) is 0.885. The Labute approximate surface area is 124 Å². The number of aliphatic hydroxyl groups is 3. The Hall–Kier alpha value is -0.690. The van der Waals surface area contributed by atoms with Crippen molar-refractivity contribution in [3.05, 3.63) is 34.9 Å². The molecule has 0 aliphatic heterocycles. The molecule has 0 fully saturated rings. The predicted molar refractivity (Wildman–Crippen MR) is 76.9 cm³/mol. The topological polar surface area (TPSA) is 74.4 Å². The lowest BCUT2D eigenvalue weighted by atomic mass is 10.2. The highest BCUT2D eigenvalue weighted by molar-refractivity contribution is 6.31. The molecular formula is C14H23ClNO4+. The zero-order chi connectivity index (χ0) is 14.8. The van der Waals surface area contributed by atoms with Crippen LogP contribution >= 0.6 is 11.6 Å². The first-order valence-electron chi connectivity index (χ1n) is 6.72. The van der Waals surface area contributed by atoms with E-state index >= 15 is 0 Å². The van der Waals surface area contributed by atoms with Gasteiger partial charge in [0.15, 0.2) is 0 Å². The number of benzene rings is 1. The van der Waals surface area contributed by atoms with E-state index in [4.69, 9.17) is 26.6 Å². The standard InChI is InChI=1S/C14H22ClNO4/c15-14-4-2-1-3-12(14)10-20-11-13(19)9-16(5-7-17)6-8-18/h1-4,13,17-19H,5-11H2/p+1/t13-/m0/s1. The van der Waals surface area contributed by atoms with Crippen LogP contribution in [0.1, 0.15) is 5.56 Å². The molecule has 4 N–H and O–H groups in total. The fraction of sp³-hybridized carbons (Fsp3) is 0.571. The van der Waals surface area contributed by atoms with E-state index < -0.39 is 6.10 Å². The largest absolute Gasteiger partial charge is 0.391 e. The van der Waals surface area contributed by atoms with Gasteiger partial charge in [0, 0.05) is 5.02 Å². The normalized spacial score (nSPS) is 12.8. The molecule has 0 aliphatic rings. The van der Waals surface area contributed by atoms with Crippen LogP contribution in [0.4, 0.5) is 0 Å². The maximum absolute atomic E-state index is 9.88. The van der Waals surface area contributed by atoms with Crippen molar-refractivity contribution < 1.29 is 25.0 Å². The minimum Gasteiger partial charge on any atom is -0.391 e. The molecule has 0 heterocycles. The molecule has 6 heteroatoms. The summed E-state index contributed by atoms with van der Waals surface area (Å²) in [6.45, 7) is 2.05. The molecule has 0 aliphatic carbocycles. The average molecular weight is 305 g/mol. The van der Waals surface area contributed by atoms with Gasteiger partial charge in [-0.1, -0.05) is 29.8 Å². The number of aliphatic hydroxyl groups excluding tert-OH is 3. The molecule has 5 nitrogen and oxygen atoms in total. The van der Waals surface area contributed by atoms with Crippen LogP contribution in [-0.2, 0) is 11.3 Å². The van der Waals surface area contributed by atoms with Gasteiger partial charge in [-0.05, 0) is 11.6 Å². The van der Waals surface area contributed by atoms with Gasteiger partial charge in [-0.15, -0.1) is 0 Å². The summed E-state index contributed by atoms with van der Waals surface area (Å²) >= 11 is 6.00. The van der Waals surface area contributed by atoms with Crippen LogP contribution in [-0.4, -0.2) is 60.9 Å². The number of hydrogen-bond donors (Lipinski definition) is 4. The molecule has 1 rings (SSSR count). The predicted octanol–water partition coefficient (Wildman–Crippen LogP) is -0.913. The fourth-order valence-corrected chi connectivity index (χ4v) is 2.15. The van der Waals surface area contributed by atoms with E-state index in [1.54, 1.807) is 6.07 Å². The van der Waals surface area contributed by atoms with Gasteiger partial charge in [0.05, 0.1) is 26.4 Å². The molecule has 0 saturated heterocycles. The second kappa shape index (κ2) is 10.1. The van der Waals surface area contributed by atoms with Gasteiger partial charge in [0.25, 0.3) is 0 Å². The SMILES string of the molecule is OCC[NH+](CCO)C[C@H](O)COCc1ccccc1Cl. The number of nitrogens with one attached hydrogen (secondary N) is 1. The van der Waals surface area contributed by atoms with Gasteiger partial charge in [0.2, 0.25) is 0 Å². The first-order valence-corrected chi connectivity index (χ1v) is 7.09. The van der Waals surface area contributed by atoms with Gasteiger partial charge in [-0.25, -0.2) is 0 Å². The fourth-order valence-electron chi connectivity index (χ4n) is 1.96. The number of halogens is 1. The van der Waals surface area contributed by atoms with Crippen molar-refractivity contribution in [2.24, 2.45) is 0 Å². The summed E-state index contributed by atoms with van der Waals surface area (Å²) in [6, 6.07) is 7.41. The zero-order valence-electron chi connectivity index (χ0n) is 11.5. The first-order chi connectivity index (χ1) is 9.67. The van der Waals surface area contributed by atoms with Crippen LogP contribution < -0.4 is 4.90 Å². The summed E-state index contributed by atoms with van der Waals surface area (Å²) in [7, 11) is 0. The van der Waals surface area contributed by atoms with Crippen LogP contribution in [0.15, 0.2) is 24.3 Å². The summed E-state index contributed by atoms with van der Waals surface area (Å²) in [5, 5.41) is 28.3. The van der Waals surface area contributed by atoms with Crippen LogP contribution in [0.2, 0.25) is 5.02 Å². The molecule has 1 aromatic rings. The van der Waals surface area contributed by atoms with Crippen LogP contribution in [0.25, 0.3) is 0 Å². The van der Waals surface area contributed by atoms with E-state index in [-0.39, 0.29) is 19.8 Å². The summed E-state index contributed by atoms with van der Waals surface area (Å²) < 4.78 is 5.45. The maximum atomic E-state index is 9.88. The van der Waals surface area contributed by atoms with Gasteiger partial charge in [-0.3, -0.25) is 0 Å². The van der Waals surface area contributed by atoms with E-state index in [2.05, 4.69) is 0 Å². The lowest BCUT2D eigenvalue weighted by Crippen LogP contribution is -3.14. The van der Waals surface area contributed by atoms with Crippen molar-refractivity contribution in [3.8, 4) is 0 Å². The monoisotopic (exact) mass is 304 g/mol. The van der Waals surface area contributed by atoms with Crippen LogP contribution in [0.5, 0.6) is 0 Å². The lowest BCUT2D eigenvalue weighted by molar-refractivity contribution is -0.904. The average Bonchev–Trinajstić information content (AvgIpc) is 2.41. The highest BCUT2D eigenvalue weighted by Crippen LogP contribution is 2.15. The van der Waals surface area contributed by atoms with Crippen LogP contribution in [0.3, 0.4) is 0 Å². The summed E-state index contributed by atoms with van der Waals surface area (Å²) in [5.74, 6) is 0. The van der Waals surface area contributed by atoms with Crippen molar-refractivity contribution in [3.63, 3.8) is 0 Å². The molecule has 0 radical (unpaired) electrons. The number of hydrogen-bond acceptors (Lipinski definition) is 4. The Morgan fingerprint density at radius 2 is 1.80 bits per heavy atom. The van der Waals surface area contributed by atoms with E-state index in [0.717, 1.165) is 10.5 Å². The minimum atomic E-state index is -0.634. The van der Waals surface area contributed by atoms with Crippen molar-refractivity contribution >= 4 is 11.6 Å². The molecule has 0 spiro atoms.